The third-order valence-corrected chi connectivity index (χ3v) is 3.82. The maximum Gasteiger partial charge on any atom is 0.416 e. The van der Waals surface area contributed by atoms with Crippen molar-refractivity contribution < 1.29 is 18.0 Å². The lowest BCUT2D eigenvalue weighted by Gasteiger charge is -2.19. The molecule has 1 amide bonds. The van der Waals surface area contributed by atoms with Crippen LogP contribution in [0.5, 0.6) is 0 Å². The van der Waals surface area contributed by atoms with Crippen molar-refractivity contribution in [2.75, 3.05) is 0 Å². The van der Waals surface area contributed by atoms with Gasteiger partial charge in [0.1, 0.15) is 6.04 Å². The first-order valence-electron chi connectivity index (χ1n) is 7.48. The molecule has 0 saturated carbocycles. The van der Waals surface area contributed by atoms with Crippen LogP contribution in [0.25, 0.3) is 0 Å². The van der Waals surface area contributed by atoms with E-state index in [4.69, 9.17) is 5.73 Å². The number of rotatable bonds is 4. The molecule has 0 aliphatic rings. The predicted octanol–water partition coefficient (Wildman–Crippen LogP) is 3.89. The highest BCUT2D eigenvalue weighted by atomic mass is 19.4. The van der Waals surface area contributed by atoms with Crippen molar-refractivity contribution in [1.29, 1.82) is 0 Å². The van der Waals surface area contributed by atoms with Gasteiger partial charge in [0.15, 0.2) is 0 Å². The molecule has 0 aliphatic carbocycles. The second-order valence-electron chi connectivity index (χ2n) is 5.74. The molecule has 0 saturated heterocycles. The Morgan fingerprint density at radius 1 is 1.00 bits per heavy atom. The largest absolute Gasteiger partial charge is 0.416 e. The minimum atomic E-state index is -4.38. The molecule has 2 aromatic rings. The molecule has 24 heavy (non-hydrogen) atoms. The summed E-state index contributed by atoms with van der Waals surface area (Å²) in [7, 11) is 0. The van der Waals surface area contributed by atoms with Crippen molar-refractivity contribution in [2.24, 2.45) is 5.73 Å². The van der Waals surface area contributed by atoms with E-state index in [9.17, 15) is 18.0 Å². The van der Waals surface area contributed by atoms with Crippen LogP contribution in [0.1, 0.15) is 41.3 Å². The van der Waals surface area contributed by atoms with E-state index >= 15 is 0 Å². The number of halogens is 3. The van der Waals surface area contributed by atoms with Crippen LogP contribution in [0.2, 0.25) is 0 Å². The lowest BCUT2D eigenvalue weighted by Crippen LogP contribution is -2.35. The van der Waals surface area contributed by atoms with Gasteiger partial charge in [0, 0.05) is 0 Å². The van der Waals surface area contributed by atoms with Gasteiger partial charge in [-0.25, -0.2) is 0 Å². The highest BCUT2D eigenvalue weighted by molar-refractivity contribution is 5.83. The van der Waals surface area contributed by atoms with E-state index in [-0.39, 0.29) is 5.91 Å². The van der Waals surface area contributed by atoms with Crippen molar-refractivity contribution in [3.63, 3.8) is 0 Å². The van der Waals surface area contributed by atoms with Crippen molar-refractivity contribution in [3.8, 4) is 0 Å². The van der Waals surface area contributed by atoms with Crippen LogP contribution in [0.3, 0.4) is 0 Å². The molecule has 0 heterocycles. The lowest BCUT2D eigenvalue weighted by atomic mass is 10.0. The SMILES string of the molecule is Cc1ccc(C(N)C(=O)NC(C)c2ccc(C(F)(F)F)cc2)cc1. The number of carbonyl (C=O) groups is 1. The molecule has 6 heteroatoms. The first-order chi connectivity index (χ1) is 11.2. The van der Waals surface area contributed by atoms with E-state index in [1.807, 2.05) is 19.1 Å². The van der Waals surface area contributed by atoms with Gasteiger partial charge in [0.05, 0.1) is 11.6 Å². The van der Waals surface area contributed by atoms with Crippen LogP contribution in [0.4, 0.5) is 13.2 Å². The summed E-state index contributed by atoms with van der Waals surface area (Å²) >= 11 is 0. The molecule has 2 atom stereocenters. The molecule has 2 rings (SSSR count). The second-order valence-corrected chi connectivity index (χ2v) is 5.74. The van der Waals surface area contributed by atoms with Gasteiger partial charge in [0.2, 0.25) is 5.91 Å². The predicted molar refractivity (Wildman–Crippen MR) is 86.1 cm³/mol. The summed E-state index contributed by atoms with van der Waals surface area (Å²) in [6, 6.07) is 10.7. The number of nitrogens with one attached hydrogen (secondary N) is 1. The van der Waals surface area contributed by atoms with Crippen molar-refractivity contribution >= 4 is 5.91 Å². The summed E-state index contributed by atoms with van der Waals surface area (Å²) in [4.78, 5) is 12.2. The Bertz CT molecular complexity index is 694. The van der Waals surface area contributed by atoms with Gasteiger partial charge in [-0.05, 0) is 37.1 Å². The first-order valence-corrected chi connectivity index (χ1v) is 7.48. The molecule has 0 radical (unpaired) electrons. The fourth-order valence-electron chi connectivity index (χ4n) is 2.27. The van der Waals surface area contributed by atoms with Gasteiger partial charge in [-0.15, -0.1) is 0 Å². The van der Waals surface area contributed by atoms with Gasteiger partial charge in [0.25, 0.3) is 0 Å². The number of benzene rings is 2. The zero-order valence-corrected chi connectivity index (χ0v) is 13.4. The Balaban J connectivity index is 2.04. The van der Waals surface area contributed by atoms with Crippen molar-refractivity contribution in [2.45, 2.75) is 32.1 Å². The number of nitrogens with two attached hydrogens (primary N) is 1. The molecule has 3 N–H and O–H groups in total. The Labute approximate surface area is 138 Å². The topological polar surface area (TPSA) is 55.1 Å². The molecular formula is C18H19F3N2O. The Hall–Kier alpha value is -2.34. The molecule has 3 nitrogen and oxygen atoms in total. The highest BCUT2D eigenvalue weighted by Gasteiger charge is 2.30. The minimum Gasteiger partial charge on any atom is -0.348 e. The van der Waals surface area contributed by atoms with Crippen LogP contribution < -0.4 is 11.1 Å². The molecule has 0 fully saturated rings. The van der Waals surface area contributed by atoms with E-state index in [0.29, 0.717) is 11.1 Å². The lowest BCUT2D eigenvalue weighted by molar-refractivity contribution is -0.137. The Kier molecular flexibility index (Phi) is 5.29. The maximum atomic E-state index is 12.6. The molecule has 2 aromatic carbocycles. The number of hydrogen-bond acceptors (Lipinski definition) is 2. The summed E-state index contributed by atoms with van der Waals surface area (Å²) in [5.74, 6) is -0.383. The number of carbonyl (C=O) groups excluding carboxylic acids is 1. The summed E-state index contributed by atoms with van der Waals surface area (Å²) in [6.45, 7) is 3.63. The zero-order chi connectivity index (χ0) is 17.9. The summed E-state index contributed by atoms with van der Waals surface area (Å²) in [5.41, 5.74) is 7.53. The number of aryl methyl sites for hydroxylation is 1. The normalized spacial score (nSPS) is 14.1. The molecule has 0 aromatic heterocycles. The molecule has 0 bridgehead atoms. The molecule has 0 spiro atoms. The maximum absolute atomic E-state index is 12.6. The van der Waals surface area contributed by atoms with E-state index < -0.39 is 23.8 Å². The average molecular weight is 336 g/mol. The number of amides is 1. The van der Waals surface area contributed by atoms with E-state index in [0.717, 1.165) is 17.7 Å². The third kappa shape index (κ3) is 4.35. The van der Waals surface area contributed by atoms with Gasteiger partial charge in [-0.3, -0.25) is 4.79 Å². The standard InChI is InChI=1S/C18H19F3N2O/c1-11-3-5-14(6-4-11)16(22)17(24)23-12(2)13-7-9-15(10-8-13)18(19,20)21/h3-10,12,16H,22H2,1-2H3,(H,23,24). The zero-order valence-electron chi connectivity index (χ0n) is 13.4. The van der Waals surface area contributed by atoms with Crippen LogP contribution in [0, 0.1) is 6.92 Å². The molecular weight excluding hydrogens is 317 g/mol. The first kappa shape index (κ1) is 18.0. The van der Waals surface area contributed by atoms with Crippen LogP contribution in [-0.4, -0.2) is 5.91 Å². The van der Waals surface area contributed by atoms with E-state index in [2.05, 4.69) is 5.32 Å². The fourth-order valence-corrected chi connectivity index (χ4v) is 2.27. The summed E-state index contributed by atoms with van der Waals surface area (Å²) < 4.78 is 37.7. The number of alkyl halides is 3. The van der Waals surface area contributed by atoms with Gasteiger partial charge < -0.3 is 11.1 Å². The highest BCUT2D eigenvalue weighted by Crippen LogP contribution is 2.30. The summed E-state index contributed by atoms with van der Waals surface area (Å²) in [6.07, 6.45) is -4.38. The molecule has 2 unspecified atom stereocenters. The van der Waals surface area contributed by atoms with Crippen LogP contribution >= 0.6 is 0 Å². The molecule has 128 valence electrons. The Morgan fingerprint density at radius 2 is 1.50 bits per heavy atom. The van der Waals surface area contributed by atoms with Gasteiger partial charge in [-0.2, -0.15) is 13.2 Å². The van der Waals surface area contributed by atoms with Gasteiger partial charge >= 0.3 is 6.18 Å². The average Bonchev–Trinajstić information content (AvgIpc) is 2.54. The van der Waals surface area contributed by atoms with Crippen molar-refractivity contribution in [1.82, 2.24) is 5.32 Å². The van der Waals surface area contributed by atoms with Crippen LogP contribution in [-0.2, 0) is 11.0 Å². The Morgan fingerprint density at radius 3 is 2.00 bits per heavy atom. The smallest absolute Gasteiger partial charge is 0.348 e. The summed E-state index contributed by atoms with van der Waals surface area (Å²) in [5, 5.41) is 2.72. The fraction of sp³-hybridized carbons (Fsp3) is 0.278. The minimum absolute atomic E-state index is 0.383. The van der Waals surface area contributed by atoms with Crippen LogP contribution in [0.15, 0.2) is 48.5 Å². The quantitative estimate of drug-likeness (QED) is 0.890. The monoisotopic (exact) mass is 336 g/mol. The van der Waals surface area contributed by atoms with E-state index in [1.54, 1.807) is 19.1 Å². The second kappa shape index (κ2) is 7.05. The van der Waals surface area contributed by atoms with Crippen molar-refractivity contribution in [3.05, 3.63) is 70.8 Å². The van der Waals surface area contributed by atoms with E-state index in [1.165, 1.54) is 12.1 Å². The molecule has 0 aliphatic heterocycles. The third-order valence-electron chi connectivity index (χ3n) is 3.82. The van der Waals surface area contributed by atoms with Gasteiger partial charge in [-0.1, -0.05) is 42.0 Å². The number of hydrogen-bond donors (Lipinski definition) is 2.